The Bertz CT molecular complexity index is 472. The van der Waals surface area contributed by atoms with Crippen LogP contribution in [0.5, 0.6) is 0 Å². The molecular weight excluding hydrogens is 246 g/mol. The summed E-state index contributed by atoms with van der Waals surface area (Å²) in [7, 11) is 0. The van der Waals surface area contributed by atoms with E-state index in [1.807, 2.05) is 0 Å². The minimum absolute atomic E-state index is 0.120. The van der Waals surface area contributed by atoms with Gasteiger partial charge in [-0.3, -0.25) is 4.79 Å². The van der Waals surface area contributed by atoms with Crippen LogP contribution >= 0.6 is 0 Å². The van der Waals surface area contributed by atoms with Crippen molar-refractivity contribution in [3.05, 3.63) is 23.2 Å². The molecule has 0 aromatic carbocycles. The van der Waals surface area contributed by atoms with Crippen molar-refractivity contribution in [3.8, 4) is 0 Å². The number of esters is 1. The van der Waals surface area contributed by atoms with E-state index in [4.69, 9.17) is 9.15 Å². The molecule has 0 aliphatic carbocycles. The Kier molecular flexibility index (Phi) is 4.24. The Balaban J connectivity index is 1.86. The van der Waals surface area contributed by atoms with Gasteiger partial charge in [0.1, 0.15) is 17.1 Å². The quantitative estimate of drug-likeness (QED) is 0.785. The number of aryl methyl sites for hydroxylation is 2. The van der Waals surface area contributed by atoms with Crippen molar-refractivity contribution < 1.29 is 18.7 Å². The van der Waals surface area contributed by atoms with Crippen molar-refractivity contribution in [1.29, 1.82) is 0 Å². The van der Waals surface area contributed by atoms with Crippen LogP contribution in [-0.4, -0.2) is 36.5 Å². The zero-order valence-corrected chi connectivity index (χ0v) is 11.4. The third kappa shape index (κ3) is 3.36. The number of likely N-dealkylation sites (tertiary alicyclic amines) is 1. The molecule has 0 spiro atoms. The molecule has 2 heterocycles. The maximum atomic E-state index is 11.8. The van der Waals surface area contributed by atoms with Crippen LogP contribution in [0.2, 0.25) is 0 Å². The van der Waals surface area contributed by atoms with Gasteiger partial charge in [-0.25, -0.2) is 4.79 Å². The number of rotatable bonds is 3. The number of carbonyl (C=O) groups is 2. The van der Waals surface area contributed by atoms with Crippen LogP contribution in [0.4, 0.5) is 0 Å². The van der Waals surface area contributed by atoms with Gasteiger partial charge in [-0.15, -0.1) is 0 Å². The number of amides is 1. The summed E-state index contributed by atoms with van der Waals surface area (Å²) in [6, 6.07) is 1.63. The SMILES string of the molecule is Cc1cc(C(=O)OCC(=O)N2CCCCC2)c(C)o1. The molecule has 1 aliphatic heterocycles. The first-order valence-electron chi connectivity index (χ1n) is 6.60. The van der Waals surface area contributed by atoms with Crippen LogP contribution in [0, 0.1) is 13.8 Å². The molecule has 0 unspecified atom stereocenters. The molecule has 0 bridgehead atoms. The van der Waals surface area contributed by atoms with Gasteiger partial charge in [0.05, 0.1) is 0 Å². The van der Waals surface area contributed by atoms with Crippen LogP contribution in [0.15, 0.2) is 10.5 Å². The number of piperidine rings is 1. The second-order valence-electron chi connectivity index (χ2n) is 4.84. The van der Waals surface area contributed by atoms with Crippen LogP contribution in [0.1, 0.15) is 41.1 Å². The second kappa shape index (κ2) is 5.91. The standard InChI is InChI=1S/C14H19NO4/c1-10-8-12(11(2)19-10)14(17)18-9-13(16)15-6-4-3-5-7-15/h8H,3-7,9H2,1-2H3. The first-order chi connectivity index (χ1) is 9.08. The van der Waals surface area contributed by atoms with Crippen LogP contribution < -0.4 is 0 Å². The number of carbonyl (C=O) groups excluding carboxylic acids is 2. The molecule has 1 saturated heterocycles. The van der Waals surface area contributed by atoms with E-state index in [9.17, 15) is 9.59 Å². The lowest BCUT2D eigenvalue weighted by molar-refractivity contribution is -0.135. The van der Waals surface area contributed by atoms with Crippen molar-refractivity contribution in [2.75, 3.05) is 19.7 Å². The molecule has 2 rings (SSSR count). The number of hydrogen-bond acceptors (Lipinski definition) is 4. The van der Waals surface area contributed by atoms with Gasteiger partial charge in [-0.2, -0.15) is 0 Å². The first kappa shape index (κ1) is 13.6. The largest absolute Gasteiger partial charge is 0.466 e. The fraction of sp³-hybridized carbons (Fsp3) is 0.571. The summed E-state index contributed by atoms with van der Waals surface area (Å²) in [5, 5.41) is 0. The maximum Gasteiger partial charge on any atom is 0.342 e. The van der Waals surface area contributed by atoms with Crippen LogP contribution in [0.25, 0.3) is 0 Å². The number of nitrogens with zero attached hydrogens (tertiary/aromatic N) is 1. The summed E-state index contributed by atoms with van der Waals surface area (Å²) in [4.78, 5) is 25.4. The predicted octanol–water partition coefficient (Wildman–Crippen LogP) is 2.07. The smallest absolute Gasteiger partial charge is 0.342 e. The van der Waals surface area contributed by atoms with E-state index in [0.717, 1.165) is 32.4 Å². The van der Waals surface area contributed by atoms with Crippen molar-refractivity contribution in [2.45, 2.75) is 33.1 Å². The first-order valence-corrected chi connectivity index (χ1v) is 6.60. The lowest BCUT2D eigenvalue weighted by Crippen LogP contribution is -2.38. The van der Waals surface area contributed by atoms with Gasteiger partial charge in [0.25, 0.3) is 5.91 Å². The topological polar surface area (TPSA) is 59.8 Å². The summed E-state index contributed by atoms with van der Waals surface area (Å²) in [5.41, 5.74) is 0.393. The fourth-order valence-electron chi connectivity index (χ4n) is 2.27. The van der Waals surface area contributed by atoms with Gasteiger partial charge in [0.15, 0.2) is 6.61 Å². The van der Waals surface area contributed by atoms with E-state index in [1.54, 1.807) is 24.8 Å². The Hall–Kier alpha value is -1.78. The highest BCUT2D eigenvalue weighted by Crippen LogP contribution is 2.15. The fourth-order valence-corrected chi connectivity index (χ4v) is 2.27. The third-order valence-electron chi connectivity index (χ3n) is 3.30. The van der Waals surface area contributed by atoms with Crippen molar-refractivity contribution >= 4 is 11.9 Å². The number of hydrogen-bond donors (Lipinski definition) is 0. The normalized spacial score (nSPS) is 15.4. The van der Waals surface area contributed by atoms with Gasteiger partial charge in [0.2, 0.25) is 0 Å². The van der Waals surface area contributed by atoms with Gasteiger partial charge in [-0.1, -0.05) is 0 Å². The summed E-state index contributed by atoms with van der Waals surface area (Å²) in [5.74, 6) is 0.561. The number of ether oxygens (including phenoxy) is 1. The average Bonchev–Trinajstić information content (AvgIpc) is 2.75. The minimum Gasteiger partial charge on any atom is -0.466 e. The maximum absolute atomic E-state index is 11.8. The Morgan fingerprint density at radius 1 is 1.26 bits per heavy atom. The van der Waals surface area contributed by atoms with Crippen molar-refractivity contribution in [1.82, 2.24) is 4.90 Å². The van der Waals surface area contributed by atoms with Gasteiger partial charge >= 0.3 is 5.97 Å². The second-order valence-corrected chi connectivity index (χ2v) is 4.84. The molecule has 0 saturated carbocycles. The van der Waals surface area contributed by atoms with E-state index >= 15 is 0 Å². The molecule has 0 atom stereocenters. The van der Waals surface area contributed by atoms with Crippen LogP contribution in [-0.2, 0) is 9.53 Å². The molecule has 0 radical (unpaired) electrons. The third-order valence-corrected chi connectivity index (χ3v) is 3.30. The Morgan fingerprint density at radius 3 is 2.53 bits per heavy atom. The average molecular weight is 265 g/mol. The molecular formula is C14H19NO4. The van der Waals surface area contributed by atoms with Gasteiger partial charge < -0.3 is 14.1 Å². The summed E-state index contributed by atoms with van der Waals surface area (Å²) < 4.78 is 10.3. The molecule has 104 valence electrons. The lowest BCUT2D eigenvalue weighted by atomic mass is 10.1. The summed E-state index contributed by atoms with van der Waals surface area (Å²) in [6.45, 7) is 4.81. The summed E-state index contributed by atoms with van der Waals surface area (Å²) >= 11 is 0. The zero-order valence-electron chi connectivity index (χ0n) is 11.4. The predicted molar refractivity (Wildman–Crippen MR) is 68.9 cm³/mol. The highest BCUT2D eigenvalue weighted by Gasteiger charge is 2.20. The highest BCUT2D eigenvalue weighted by molar-refractivity contribution is 5.92. The van der Waals surface area contributed by atoms with Crippen molar-refractivity contribution in [2.24, 2.45) is 0 Å². The lowest BCUT2D eigenvalue weighted by Gasteiger charge is -2.26. The minimum atomic E-state index is -0.500. The van der Waals surface area contributed by atoms with Gasteiger partial charge in [0, 0.05) is 13.1 Å². The monoisotopic (exact) mass is 265 g/mol. The van der Waals surface area contributed by atoms with E-state index in [-0.39, 0.29) is 12.5 Å². The molecule has 0 N–H and O–H groups in total. The van der Waals surface area contributed by atoms with Gasteiger partial charge in [-0.05, 0) is 39.2 Å². The van der Waals surface area contributed by atoms with E-state index in [0.29, 0.717) is 17.1 Å². The molecule has 5 nitrogen and oxygen atoms in total. The Labute approximate surface area is 112 Å². The Morgan fingerprint density at radius 2 is 1.95 bits per heavy atom. The molecule has 1 amide bonds. The van der Waals surface area contributed by atoms with Crippen LogP contribution in [0.3, 0.4) is 0 Å². The zero-order chi connectivity index (χ0) is 13.8. The van der Waals surface area contributed by atoms with E-state index in [1.165, 1.54) is 0 Å². The molecule has 1 aliphatic rings. The number of furan rings is 1. The molecule has 1 aromatic heterocycles. The molecule has 19 heavy (non-hydrogen) atoms. The molecule has 1 fully saturated rings. The summed E-state index contributed by atoms with van der Waals surface area (Å²) in [6.07, 6.45) is 3.22. The highest BCUT2D eigenvalue weighted by atomic mass is 16.5. The van der Waals surface area contributed by atoms with Crippen molar-refractivity contribution in [3.63, 3.8) is 0 Å². The van der Waals surface area contributed by atoms with E-state index < -0.39 is 5.97 Å². The molecule has 1 aromatic rings. The molecule has 5 heteroatoms. The van der Waals surface area contributed by atoms with E-state index in [2.05, 4.69) is 0 Å².